The van der Waals surface area contributed by atoms with Crippen LogP contribution in [0.15, 0.2) is 6.33 Å². The van der Waals surface area contributed by atoms with E-state index in [0.717, 1.165) is 35.2 Å². The van der Waals surface area contributed by atoms with Gasteiger partial charge >= 0.3 is 0 Å². The van der Waals surface area contributed by atoms with Crippen LogP contribution in [0.2, 0.25) is 5.02 Å². The molecule has 0 saturated heterocycles. The molecular formula is C12H19ClN6. The zero-order valence-electron chi connectivity index (χ0n) is 11.5. The SMILES string of the molecule is CCNCc1ncn(Cc2c(Cl)c(CC)nn2C)n1. The van der Waals surface area contributed by atoms with Crippen molar-refractivity contribution in [3.63, 3.8) is 0 Å². The number of aromatic nitrogens is 5. The van der Waals surface area contributed by atoms with Gasteiger partial charge in [0, 0.05) is 7.05 Å². The van der Waals surface area contributed by atoms with E-state index in [2.05, 4.69) is 27.4 Å². The molecule has 7 heteroatoms. The van der Waals surface area contributed by atoms with Crippen LogP contribution in [0.5, 0.6) is 0 Å². The molecule has 0 aromatic carbocycles. The fourth-order valence-electron chi connectivity index (χ4n) is 1.87. The number of nitrogens with one attached hydrogen (secondary N) is 1. The van der Waals surface area contributed by atoms with Crippen molar-refractivity contribution >= 4 is 11.6 Å². The van der Waals surface area contributed by atoms with Crippen LogP contribution in [0.3, 0.4) is 0 Å². The molecule has 0 atom stereocenters. The number of rotatable bonds is 6. The number of hydrogen-bond acceptors (Lipinski definition) is 4. The van der Waals surface area contributed by atoms with Gasteiger partial charge in [0.25, 0.3) is 0 Å². The molecular weight excluding hydrogens is 264 g/mol. The molecule has 0 spiro atoms. The summed E-state index contributed by atoms with van der Waals surface area (Å²) in [5.74, 6) is 0.788. The summed E-state index contributed by atoms with van der Waals surface area (Å²) < 4.78 is 3.60. The zero-order valence-corrected chi connectivity index (χ0v) is 12.3. The van der Waals surface area contributed by atoms with E-state index in [1.165, 1.54) is 0 Å². The molecule has 19 heavy (non-hydrogen) atoms. The predicted octanol–water partition coefficient (Wildman–Crippen LogP) is 1.39. The predicted molar refractivity (Wildman–Crippen MR) is 74.1 cm³/mol. The average molecular weight is 283 g/mol. The highest BCUT2D eigenvalue weighted by Gasteiger charge is 2.14. The van der Waals surface area contributed by atoms with Crippen LogP contribution in [0.1, 0.15) is 31.1 Å². The van der Waals surface area contributed by atoms with Crippen molar-refractivity contribution in [1.29, 1.82) is 0 Å². The fraction of sp³-hybridized carbons (Fsp3) is 0.583. The van der Waals surface area contributed by atoms with Gasteiger partial charge < -0.3 is 5.32 Å². The van der Waals surface area contributed by atoms with E-state index in [-0.39, 0.29) is 0 Å². The highest BCUT2D eigenvalue weighted by atomic mass is 35.5. The third-order valence-electron chi connectivity index (χ3n) is 2.93. The lowest BCUT2D eigenvalue weighted by Crippen LogP contribution is -2.13. The van der Waals surface area contributed by atoms with Crippen LogP contribution in [0.25, 0.3) is 0 Å². The molecule has 0 aliphatic heterocycles. The Morgan fingerprint density at radius 3 is 2.74 bits per heavy atom. The minimum Gasteiger partial charge on any atom is -0.310 e. The summed E-state index contributed by atoms with van der Waals surface area (Å²) in [7, 11) is 1.90. The van der Waals surface area contributed by atoms with Gasteiger partial charge in [-0.3, -0.25) is 4.68 Å². The highest BCUT2D eigenvalue weighted by Crippen LogP contribution is 2.21. The third kappa shape index (κ3) is 3.13. The van der Waals surface area contributed by atoms with E-state index in [9.17, 15) is 0 Å². The average Bonchev–Trinajstić information content (AvgIpc) is 2.96. The Hall–Kier alpha value is -1.40. The van der Waals surface area contributed by atoms with E-state index in [1.54, 1.807) is 11.0 Å². The summed E-state index contributed by atoms with van der Waals surface area (Å²) in [4.78, 5) is 4.25. The standard InChI is InChI=1S/C12H19ClN6/c1-4-9-12(13)10(18(3)16-9)7-19-8-15-11(17-19)6-14-5-2/h8,14H,4-7H2,1-3H3. The molecule has 6 nitrogen and oxygen atoms in total. The number of aryl methyl sites for hydroxylation is 2. The van der Waals surface area contributed by atoms with Crippen molar-refractivity contribution in [3.8, 4) is 0 Å². The van der Waals surface area contributed by atoms with Crippen molar-refractivity contribution in [3.05, 3.63) is 28.6 Å². The topological polar surface area (TPSA) is 60.6 Å². The lowest BCUT2D eigenvalue weighted by Gasteiger charge is -2.02. The van der Waals surface area contributed by atoms with Crippen LogP contribution in [-0.2, 0) is 26.6 Å². The van der Waals surface area contributed by atoms with Crippen LogP contribution >= 0.6 is 11.6 Å². The summed E-state index contributed by atoms with van der Waals surface area (Å²) in [5, 5.41) is 12.7. The first kappa shape index (κ1) is 14.0. The smallest absolute Gasteiger partial charge is 0.164 e. The monoisotopic (exact) mass is 282 g/mol. The summed E-state index contributed by atoms with van der Waals surface area (Å²) in [5.41, 5.74) is 1.88. The molecule has 2 aromatic rings. The van der Waals surface area contributed by atoms with E-state index in [1.807, 2.05) is 18.7 Å². The van der Waals surface area contributed by atoms with Gasteiger partial charge in [0.1, 0.15) is 6.33 Å². The minimum atomic E-state index is 0.585. The van der Waals surface area contributed by atoms with Crippen molar-refractivity contribution < 1.29 is 0 Å². The molecule has 0 aliphatic carbocycles. The largest absolute Gasteiger partial charge is 0.310 e. The number of hydrogen-bond donors (Lipinski definition) is 1. The van der Waals surface area contributed by atoms with Crippen molar-refractivity contribution in [2.45, 2.75) is 33.4 Å². The molecule has 0 saturated carbocycles. The minimum absolute atomic E-state index is 0.585. The van der Waals surface area contributed by atoms with Gasteiger partial charge in [-0.25, -0.2) is 9.67 Å². The highest BCUT2D eigenvalue weighted by molar-refractivity contribution is 6.31. The van der Waals surface area contributed by atoms with Gasteiger partial charge in [-0.05, 0) is 13.0 Å². The molecule has 2 aromatic heterocycles. The number of halogens is 1. The van der Waals surface area contributed by atoms with E-state index < -0.39 is 0 Å². The molecule has 0 amide bonds. The van der Waals surface area contributed by atoms with Crippen LogP contribution in [0.4, 0.5) is 0 Å². The van der Waals surface area contributed by atoms with Crippen molar-refractivity contribution in [2.75, 3.05) is 6.54 Å². The van der Waals surface area contributed by atoms with Crippen LogP contribution in [-0.4, -0.2) is 31.1 Å². The Labute approximate surface area is 117 Å². The fourth-order valence-corrected chi connectivity index (χ4v) is 2.23. The maximum absolute atomic E-state index is 6.31. The summed E-state index contributed by atoms with van der Waals surface area (Å²) >= 11 is 6.31. The normalized spacial score (nSPS) is 11.2. The molecule has 2 heterocycles. The van der Waals surface area contributed by atoms with Crippen molar-refractivity contribution in [2.24, 2.45) is 7.05 Å². The van der Waals surface area contributed by atoms with Crippen LogP contribution < -0.4 is 5.32 Å². The summed E-state index contributed by atoms with van der Waals surface area (Å²) in [6.07, 6.45) is 2.55. The summed E-state index contributed by atoms with van der Waals surface area (Å²) in [6, 6.07) is 0. The molecule has 0 radical (unpaired) electrons. The maximum Gasteiger partial charge on any atom is 0.164 e. The molecule has 0 bridgehead atoms. The lowest BCUT2D eigenvalue weighted by molar-refractivity contribution is 0.602. The number of nitrogens with zero attached hydrogens (tertiary/aromatic N) is 5. The van der Waals surface area contributed by atoms with Crippen molar-refractivity contribution in [1.82, 2.24) is 29.9 Å². The zero-order chi connectivity index (χ0) is 13.8. The van der Waals surface area contributed by atoms with Gasteiger partial charge in [0.15, 0.2) is 5.82 Å². The molecule has 1 N–H and O–H groups in total. The first-order chi connectivity index (χ1) is 9.15. The Morgan fingerprint density at radius 1 is 1.32 bits per heavy atom. The Kier molecular flexibility index (Phi) is 4.55. The maximum atomic E-state index is 6.31. The summed E-state index contributed by atoms with van der Waals surface area (Å²) in [6.45, 7) is 6.27. The van der Waals surface area contributed by atoms with Crippen LogP contribution in [0, 0.1) is 0 Å². The van der Waals surface area contributed by atoms with E-state index >= 15 is 0 Å². The second kappa shape index (κ2) is 6.16. The van der Waals surface area contributed by atoms with E-state index in [4.69, 9.17) is 11.6 Å². The quantitative estimate of drug-likeness (QED) is 0.870. The third-order valence-corrected chi connectivity index (χ3v) is 3.37. The molecule has 0 aliphatic rings. The van der Waals surface area contributed by atoms with Gasteiger partial charge in [0.05, 0.1) is 29.5 Å². The van der Waals surface area contributed by atoms with Gasteiger partial charge in [-0.15, -0.1) is 0 Å². The Balaban J connectivity index is 2.12. The van der Waals surface area contributed by atoms with Gasteiger partial charge in [-0.2, -0.15) is 10.2 Å². The Morgan fingerprint density at radius 2 is 2.11 bits per heavy atom. The van der Waals surface area contributed by atoms with Gasteiger partial charge in [0.2, 0.25) is 0 Å². The molecule has 0 fully saturated rings. The molecule has 0 unspecified atom stereocenters. The first-order valence-electron chi connectivity index (χ1n) is 6.45. The molecule has 104 valence electrons. The first-order valence-corrected chi connectivity index (χ1v) is 6.82. The van der Waals surface area contributed by atoms with E-state index in [0.29, 0.717) is 13.1 Å². The Bertz CT molecular complexity index is 544. The second-order valence-corrected chi connectivity index (χ2v) is 4.70. The lowest BCUT2D eigenvalue weighted by atomic mass is 10.3. The molecule has 2 rings (SSSR count). The van der Waals surface area contributed by atoms with Gasteiger partial charge in [-0.1, -0.05) is 25.4 Å². The second-order valence-electron chi connectivity index (χ2n) is 4.32.